The Morgan fingerprint density at radius 3 is 2.61 bits per heavy atom. The van der Waals surface area contributed by atoms with Gasteiger partial charge in [0, 0.05) is 11.6 Å². The Bertz CT molecular complexity index is 586. The first-order valence-electron chi connectivity index (χ1n) is 4.81. The predicted molar refractivity (Wildman–Crippen MR) is 63.3 cm³/mol. The number of benzene rings is 1. The van der Waals surface area contributed by atoms with Gasteiger partial charge in [-0.15, -0.1) is 0 Å². The van der Waals surface area contributed by atoms with Gasteiger partial charge in [0.2, 0.25) is 0 Å². The number of ether oxygens (including phenoxy) is 1. The summed E-state index contributed by atoms with van der Waals surface area (Å²) >= 11 is 11.7. The molecular weight excluding hydrogens is 290 g/mol. The first-order chi connectivity index (χ1) is 8.38. The third-order valence-electron chi connectivity index (χ3n) is 2.14. The van der Waals surface area contributed by atoms with Crippen molar-refractivity contribution in [1.82, 2.24) is 4.98 Å². The van der Waals surface area contributed by atoms with E-state index in [1.54, 1.807) is 6.07 Å². The molecule has 0 spiro atoms. The molecule has 0 amide bonds. The van der Waals surface area contributed by atoms with Crippen LogP contribution in [0.3, 0.4) is 0 Å². The van der Waals surface area contributed by atoms with Crippen molar-refractivity contribution in [3.8, 4) is 5.75 Å². The maximum atomic E-state index is 12.1. The Hall–Kier alpha value is -1.20. The molecular formula is C11H6Cl2F3NO. The fourth-order valence-electron chi connectivity index (χ4n) is 1.42. The van der Waals surface area contributed by atoms with Crippen LogP contribution in [0.1, 0.15) is 0 Å². The summed E-state index contributed by atoms with van der Waals surface area (Å²) in [5.41, 5.74) is 0.246. The number of rotatable bonds is 2. The van der Waals surface area contributed by atoms with Gasteiger partial charge >= 0.3 is 6.18 Å². The summed E-state index contributed by atoms with van der Waals surface area (Å²) in [6, 6.07) is 4.53. The zero-order chi connectivity index (χ0) is 13.3. The molecule has 2 aromatic rings. The number of fused-ring (bicyclic) bond motifs is 1. The molecule has 96 valence electrons. The van der Waals surface area contributed by atoms with Gasteiger partial charge in [0.05, 0.1) is 10.0 Å². The highest BCUT2D eigenvalue weighted by Gasteiger charge is 2.28. The van der Waals surface area contributed by atoms with E-state index in [4.69, 9.17) is 23.2 Å². The first kappa shape index (κ1) is 13.2. The Morgan fingerprint density at radius 1 is 1.22 bits per heavy atom. The van der Waals surface area contributed by atoms with Crippen LogP contribution >= 0.6 is 23.2 Å². The molecule has 0 saturated heterocycles. The van der Waals surface area contributed by atoms with Crippen LogP contribution in [-0.2, 0) is 0 Å². The molecule has 0 radical (unpaired) electrons. The second-order valence-electron chi connectivity index (χ2n) is 3.48. The van der Waals surface area contributed by atoms with Crippen molar-refractivity contribution < 1.29 is 17.9 Å². The average molecular weight is 296 g/mol. The van der Waals surface area contributed by atoms with Crippen LogP contribution in [0.4, 0.5) is 13.2 Å². The van der Waals surface area contributed by atoms with Gasteiger partial charge in [-0.25, -0.2) is 0 Å². The van der Waals surface area contributed by atoms with Crippen molar-refractivity contribution in [2.75, 3.05) is 6.61 Å². The molecule has 1 aromatic carbocycles. The third kappa shape index (κ3) is 2.79. The Kier molecular flexibility index (Phi) is 3.54. The van der Waals surface area contributed by atoms with Gasteiger partial charge in [-0.3, -0.25) is 4.98 Å². The molecule has 0 atom stereocenters. The summed E-state index contributed by atoms with van der Waals surface area (Å²) in [4.78, 5) is 3.93. The summed E-state index contributed by atoms with van der Waals surface area (Å²) in [5.74, 6) is 0.0170. The highest BCUT2D eigenvalue weighted by Crippen LogP contribution is 2.33. The van der Waals surface area contributed by atoms with E-state index >= 15 is 0 Å². The van der Waals surface area contributed by atoms with E-state index < -0.39 is 12.8 Å². The van der Waals surface area contributed by atoms with Crippen molar-refractivity contribution in [3.05, 3.63) is 34.4 Å². The lowest BCUT2D eigenvalue weighted by Crippen LogP contribution is -2.19. The molecule has 18 heavy (non-hydrogen) atoms. The Labute approximate surface area is 110 Å². The Balaban J connectivity index is 2.43. The van der Waals surface area contributed by atoms with E-state index in [9.17, 15) is 13.2 Å². The number of para-hydroxylation sites is 1. The maximum Gasteiger partial charge on any atom is 0.422 e. The lowest BCUT2D eigenvalue weighted by Gasteiger charge is -2.11. The minimum absolute atomic E-state index is 0.0170. The largest absolute Gasteiger partial charge is 0.482 e. The van der Waals surface area contributed by atoms with Crippen LogP contribution in [0.15, 0.2) is 24.4 Å². The molecule has 1 heterocycles. The first-order valence-corrected chi connectivity index (χ1v) is 5.56. The number of aromatic nitrogens is 1. The van der Waals surface area contributed by atoms with Crippen molar-refractivity contribution in [2.45, 2.75) is 6.18 Å². The van der Waals surface area contributed by atoms with Crippen molar-refractivity contribution in [2.24, 2.45) is 0 Å². The zero-order valence-electron chi connectivity index (χ0n) is 8.76. The molecule has 0 aliphatic rings. The summed E-state index contributed by atoms with van der Waals surface area (Å²) in [6.45, 7) is -1.38. The molecule has 7 heteroatoms. The van der Waals surface area contributed by atoms with Crippen molar-refractivity contribution in [1.29, 1.82) is 0 Å². The summed E-state index contributed by atoms with van der Waals surface area (Å²) < 4.78 is 41.0. The molecule has 0 unspecified atom stereocenters. The van der Waals surface area contributed by atoms with Crippen molar-refractivity contribution >= 4 is 34.1 Å². The summed E-state index contributed by atoms with van der Waals surface area (Å²) in [7, 11) is 0. The van der Waals surface area contributed by atoms with Gasteiger partial charge in [-0.05, 0) is 6.07 Å². The number of pyridine rings is 1. The molecule has 0 saturated carbocycles. The van der Waals surface area contributed by atoms with Crippen LogP contribution in [0.5, 0.6) is 5.75 Å². The van der Waals surface area contributed by atoms with Gasteiger partial charge in [-0.1, -0.05) is 35.3 Å². The van der Waals surface area contributed by atoms with Crippen LogP contribution < -0.4 is 4.74 Å². The smallest absolute Gasteiger partial charge is 0.422 e. The molecule has 0 aliphatic heterocycles. The lowest BCUT2D eigenvalue weighted by atomic mass is 10.2. The molecule has 0 N–H and O–H groups in total. The quantitative estimate of drug-likeness (QED) is 0.815. The minimum atomic E-state index is -4.40. The number of nitrogens with zero attached hydrogens (tertiary/aromatic N) is 1. The van der Waals surface area contributed by atoms with Crippen LogP contribution in [0.2, 0.25) is 10.0 Å². The van der Waals surface area contributed by atoms with Crippen molar-refractivity contribution in [3.63, 3.8) is 0 Å². The molecule has 1 aromatic heterocycles. The fourth-order valence-corrected chi connectivity index (χ4v) is 1.77. The minimum Gasteiger partial charge on any atom is -0.482 e. The lowest BCUT2D eigenvalue weighted by molar-refractivity contribution is -0.153. The van der Waals surface area contributed by atoms with Gasteiger partial charge < -0.3 is 4.74 Å². The van der Waals surface area contributed by atoms with E-state index in [0.717, 1.165) is 0 Å². The van der Waals surface area contributed by atoms with Crippen LogP contribution in [0, 0.1) is 0 Å². The molecule has 2 rings (SSSR count). The number of hydrogen-bond donors (Lipinski definition) is 0. The average Bonchev–Trinajstić information content (AvgIpc) is 2.30. The zero-order valence-corrected chi connectivity index (χ0v) is 10.3. The number of halogens is 5. The van der Waals surface area contributed by atoms with E-state index in [-0.39, 0.29) is 21.3 Å². The van der Waals surface area contributed by atoms with Gasteiger partial charge in [0.25, 0.3) is 0 Å². The SMILES string of the molecule is FC(F)(F)COc1cccc2c(Cl)c(Cl)cnc12. The standard InChI is InChI=1S/C11H6Cl2F3NO/c12-7-4-17-10-6(9(7)13)2-1-3-8(10)18-5-11(14,15)16/h1-4H,5H2. The van der Waals surface area contributed by atoms with E-state index in [2.05, 4.69) is 9.72 Å². The van der Waals surface area contributed by atoms with Crippen LogP contribution in [-0.4, -0.2) is 17.8 Å². The second kappa shape index (κ2) is 4.82. The van der Waals surface area contributed by atoms with Crippen LogP contribution in [0.25, 0.3) is 10.9 Å². The van der Waals surface area contributed by atoms with Gasteiger partial charge in [-0.2, -0.15) is 13.2 Å². The topological polar surface area (TPSA) is 22.1 Å². The third-order valence-corrected chi connectivity index (χ3v) is 2.93. The number of alkyl halides is 3. The highest BCUT2D eigenvalue weighted by molar-refractivity contribution is 6.45. The normalized spacial score (nSPS) is 11.8. The maximum absolute atomic E-state index is 12.1. The Morgan fingerprint density at radius 2 is 1.94 bits per heavy atom. The summed E-state index contributed by atoms with van der Waals surface area (Å²) in [5, 5.41) is 0.917. The fraction of sp³-hybridized carbons (Fsp3) is 0.182. The van der Waals surface area contributed by atoms with E-state index in [0.29, 0.717) is 5.39 Å². The molecule has 0 aliphatic carbocycles. The molecule has 0 fully saturated rings. The van der Waals surface area contributed by atoms with E-state index in [1.807, 2.05) is 0 Å². The van der Waals surface area contributed by atoms with Gasteiger partial charge in [0.1, 0.15) is 11.3 Å². The predicted octanol–water partition coefficient (Wildman–Crippen LogP) is 4.48. The summed E-state index contributed by atoms with van der Waals surface area (Å²) in [6.07, 6.45) is -3.13. The molecule has 2 nitrogen and oxygen atoms in total. The monoisotopic (exact) mass is 295 g/mol. The van der Waals surface area contributed by atoms with E-state index in [1.165, 1.54) is 18.3 Å². The highest BCUT2D eigenvalue weighted by atomic mass is 35.5. The second-order valence-corrected chi connectivity index (χ2v) is 4.26. The molecule has 0 bridgehead atoms. The van der Waals surface area contributed by atoms with Gasteiger partial charge in [0.15, 0.2) is 6.61 Å². The number of hydrogen-bond acceptors (Lipinski definition) is 2.